The Morgan fingerprint density at radius 1 is 1.14 bits per heavy atom. The van der Waals surface area contributed by atoms with Crippen LogP contribution in [0.5, 0.6) is 0 Å². The molecule has 5 rings (SSSR count). The van der Waals surface area contributed by atoms with Crippen LogP contribution in [0.4, 0.5) is 0 Å². The van der Waals surface area contributed by atoms with Crippen LogP contribution in [0, 0.1) is 6.92 Å². The highest BCUT2D eigenvalue weighted by Gasteiger charge is 2.24. The van der Waals surface area contributed by atoms with E-state index in [1.165, 1.54) is 11.9 Å². The Kier molecular flexibility index (Phi) is 3.68. The second kappa shape index (κ2) is 6.23. The highest BCUT2D eigenvalue weighted by Crippen LogP contribution is 2.37. The Bertz CT molecular complexity index is 1250. The van der Waals surface area contributed by atoms with E-state index in [-0.39, 0.29) is 5.69 Å². The number of rotatable bonds is 3. The molecular formula is C21H17N5O2. The van der Waals surface area contributed by atoms with Gasteiger partial charge in [0.05, 0.1) is 22.9 Å². The molecule has 4 heterocycles. The van der Waals surface area contributed by atoms with Crippen molar-refractivity contribution in [3.8, 4) is 22.5 Å². The Morgan fingerprint density at radius 2 is 2.04 bits per heavy atom. The molecule has 0 atom stereocenters. The molecule has 0 fully saturated rings. The van der Waals surface area contributed by atoms with Gasteiger partial charge in [0.1, 0.15) is 5.69 Å². The number of aryl methyl sites for hydroxylation is 2. The van der Waals surface area contributed by atoms with E-state index in [2.05, 4.69) is 19.6 Å². The maximum absolute atomic E-state index is 11.3. The number of carboxylic acid groups (broad SMARTS) is 1. The van der Waals surface area contributed by atoms with Crippen LogP contribution in [-0.4, -0.2) is 35.8 Å². The minimum absolute atomic E-state index is 0.0644. The molecule has 28 heavy (non-hydrogen) atoms. The first-order valence-electron chi connectivity index (χ1n) is 9.14. The van der Waals surface area contributed by atoms with Gasteiger partial charge in [-0.2, -0.15) is 5.10 Å². The summed E-state index contributed by atoms with van der Waals surface area (Å²) in [5.74, 6) is -1.09. The monoisotopic (exact) mass is 371 g/mol. The van der Waals surface area contributed by atoms with Crippen molar-refractivity contribution in [3.05, 3.63) is 59.7 Å². The van der Waals surface area contributed by atoms with E-state index in [0.717, 1.165) is 47.6 Å². The fourth-order valence-corrected chi connectivity index (χ4v) is 3.76. The third-order valence-electron chi connectivity index (χ3n) is 5.02. The van der Waals surface area contributed by atoms with Crippen molar-refractivity contribution in [1.29, 1.82) is 0 Å². The molecule has 0 unspecified atom stereocenters. The summed E-state index contributed by atoms with van der Waals surface area (Å²) in [4.78, 5) is 24.4. The van der Waals surface area contributed by atoms with Crippen LogP contribution in [0.1, 0.15) is 28.3 Å². The van der Waals surface area contributed by atoms with Crippen molar-refractivity contribution in [1.82, 2.24) is 24.7 Å². The average molecular weight is 371 g/mol. The average Bonchev–Trinajstić information content (AvgIpc) is 3.28. The molecule has 7 nitrogen and oxygen atoms in total. The summed E-state index contributed by atoms with van der Waals surface area (Å²) < 4.78 is 2.05. The van der Waals surface area contributed by atoms with Gasteiger partial charge in [-0.05, 0) is 49.6 Å². The largest absolute Gasteiger partial charge is 0.476 e. The normalized spacial score (nSPS) is 13.0. The number of hydrogen-bond donors (Lipinski definition) is 1. The molecule has 0 saturated heterocycles. The van der Waals surface area contributed by atoms with Crippen molar-refractivity contribution >= 4 is 17.0 Å². The molecule has 0 spiro atoms. The molecule has 1 aromatic carbocycles. The molecule has 1 N–H and O–H groups in total. The van der Waals surface area contributed by atoms with Gasteiger partial charge in [-0.1, -0.05) is 12.1 Å². The molecule has 4 aromatic rings. The van der Waals surface area contributed by atoms with Crippen LogP contribution in [0.3, 0.4) is 0 Å². The molecule has 7 heteroatoms. The van der Waals surface area contributed by atoms with Crippen LogP contribution < -0.4 is 0 Å². The van der Waals surface area contributed by atoms with Gasteiger partial charge >= 0.3 is 5.97 Å². The summed E-state index contributed by atoms with van der Waals surface area (Å²) in [6.45, 7) is 2.86. The van der Waals surface area contributed by atoms with E-state index in [1.54, 1.807) is 0 Å². The Labute approximate surface area is 160 Å². The van der Waals surface area contributed by atoms with Gasteiger partial charge < -0.3 is 5.11 Å². The lowest BCUT2D eigenvalue weighted by molar-refractivity contribution is 0.0690. The Morgan fingerprint density at radius 3 is 2.86 bits per heavy atom. The van der Waals surface area contributed by atoms with E-state index in [9.17, 15) is 9.90 Å². The molecule has 0 saturated carbocycles. The highest BCUT2D eigenvalue weighted by molar-refractivity contribution is 5.91. The van der Waals surface area contributed by atoms with Crippen LogP contribution in [0.25, 0.3) is 33.5 Å². The maximum atomic E-state index is 11.3. The van der Waals surface area contributed by atoms with Crippen LogP contribution >= 0.6 is 0 Å². The molecule has 1 aliphatic rings. The van der Waals surface area contributed by atoms with Crippen molar-refractivity contribution in [3.63, 3.8) is 0 Å². The first kappa shape index (κ1) is 16.6. The summed E-state index contributed by atoms with van der Waals surface area (Å²) in [7, 11) is 0. The van der Waals surface area contributed by atoms with E-state index >= 15 is 0 Å². The van der Waals surface area contributed by atoms with Gasteiger partial charge in [-0.3, -0.25) is 14.6 Å². The first-order valence-corrected chi connectivity index (χ1v) is 9.14. The number of fused-ring (bicyclic) bond motifs is 2. The standard InChI is InChI=1S/C21H17N5O2/c1-12-4-2-5-15(23-12)20-19(18-6-3-9-26(18)25-20)13-7-8-14-16(10-13)24-17(11-22-14)21(27)28/h2,4-5,7-8,10-11H,3,6,9H2,1H3,(H,27,28). The molecule has 0 radical (unpaired) electrons. The number of aromatic carboxylic acids is 1. The minimum atomic E-state index is -1.09. The number of pyridine rings is 1. The van der Waals surface area contributed by atoms with Crippen molar-refractivity contribution < 1.29 is 9.90 Å². The lowest BCUT2D eigenvalue weighted by atomic mass is 9.99. The number of benzene rings is 1. The fourth-order valence-electron chi connectivity index (χ4n) is 3.76. The predicted octanol–water partition coefficient (Wildman–Crippen LogP) is 3.51. The third kappa shape index (κ3) is 2.63. The lowest BCUT2D eigenvalue weighted by Crippen LogP contribution is -2.01. The minimum Gasteiger partial charge on any atom is -0.476 e. The van der Waals surface area contributed by atoms with Gasteiger partial charge in [0.25, 0.3) is 0 Å². The van der Waals surface area contributed by atoms with Gasteiger partial charge in [-0.25, -0.2) is 9.78 Å². The molecule has 0 amide bonds. The van der Waals surface area contributed by atoms with E-state index in [1.807, 2.05) is 43.3 Å². The quantitative estimate of drug-likeness (QED) is 0.592. The topological polar surface area (TPSA) is 93.8 Å². The summed E-state index contributed by atoms with van der Waals surface area (Å²) >= 11 is 0. The molecule has 1 aliphatic heterocycles. The smallest absolute Gasteiger partial charge is 0.356 e. The van der Waals surface area contributed by atoms with Gasteiger partial charge in [0, 0.05) is 23.5 Å². The number of nitrogens with zero attached hydrogens (tertiary/aromatic N) is 5. The summed E-state index contributed by atoms with van der Waals surface area (Å²) in [5.41, 5.74) is 6.94. The van der Waals surface area contributed by atoms with Crippen LogP contribution in [0.15, 0.2) is 42.6 Å². The second-order valence-corrected chi connectivity index (χ2v) is 6.93. The predicted molar refractivity (Wildman–Crippen MR) is 104 cm³/mol. The zero-order chi connectivity index (χ0) is 19.3. The maximum Gasteiger partial charge on any atom is 0.356 e. The zero-order valence-corrected chi connectivity index (χ0v) is 15.3. The van der Waals surface area contributed by atoms with Crippen molar-refractivity contribution in [2.45, 2.75) is 26.3 Å². The van der Waals surface area contributed by atoms with Crippen molar-refractivity contribution in [2.24, 2.45) is 0 Å². The fraction of sp³-hybridized carbons (Fsp3) is 0.190. The van der Waals surface area contributed by atoms with Gasteiger partial charge in [0.15, 0.2) is 5.69 Å². The van der Waals surface area contributed by atoms with E-state index < -0.39 is 5.97 Å². The second-order valence-electron chi connectivity index (χ2n) is 6.93. The lowest BCUT2D eigenvalue weighted by Gasteiger charge is -2.07. The summed E-state index contributed by atoms with van der Waals surface area (Å²) in [6.07, 6.45) is 3.30. The summed E-state index contributed by atoms with van der Waals surface area (Å²) in [5, 5.41) is 14.0. The SMILES string of the molecule is Cc1cccc(-c2nn3c(c2-c2ccc4ncc(C(=O)O)nc4c2)CCC3)n1. The number of carboxylic acids is 1. The van der Waals surface area contributed by atoms with Crippen molar-refractivity contribution in [2.75, 3.05) is 0 Å². The number of hydrogen-bond acceptors (Lipinski definition) is 5. The molecule has 0 aliphatic carbocycles. The molecule has 3 aromatic heterocycles. The molecule has 0 bridgehead atoms. The third-order valence-corrected chi connectivity index (χ3v) is 5.02. The first-order chi connectivity index (χ1) is 13.6. The summed E-state index contributed by atoms with van der Waals surface area (Å²) in [6, 6.07) is 11.7. The zero-order valence-electron chi connectivity index (χ0n) is 15.3. The van der Waals surface area contributed by atoms with Gasteiger partial charge in [0.2, 0.25) is 0 Å². The van der Waals surface area contributed by atoms with E-state index in [4.69, 9.17) is 5.10 Å². The molecule has 138 valence electrons. The Hall–Kier alpha value is -3.61. The number of aromatic nitrogens is 5. The van der Waals surface area contributed by atoms with Crippen LogP contribution in [-0.2, 0) is 13.0 Å². The Balaban J connectivity index is 1.73. The van der Waals surface area contributed by atoms with E-state index in [0.29, 0.717) is 11.0 Å². The number of carbonyl (C=O) groups is 1. The molecular weight excluding hydrogens is 354 g/mol. The highest BCUT2D eigenvalue weighted by atomic mass is 16.4. The van der Waals surface area contributed by atoms with Gasteiger partial charge in [-0.15, -0.1) is 0 Å². The van der Waals surface area contributed by atoms with Crippen LogP contribution in [0.2, 0.25) is 0 Å².